The molecule has 0 radical (unpaired) electrons. The van der Waals surface area contributed by atoms with E-state index >= 15 is 0 Å². The summed E-state index contributed by atoms with van der Waals surface area (Å²) in [7, 11) is 0. The Morgan fingerprint density at radius 1 is 1.67 bits per heavy atom. The Labute approximate surface area is 50.1 Å². The largest absolute Gasteiger partial charge is 0.179 e. The third-order valence-electron chi connectivity index (χ3n) is 0.547. The van der Waals surface area contributed by atoms with E-state index < -0.39 is 0 Å². The lowest BCUT2D eigenvalue weighted by Gasteiger charge is -1.94. The quantitative estimate of drug-likeness (QED) is 0.511. The molecule has 0 bridgehead atoms. The number of thiol groups is 2. The van der Waals surface area contributed by atoms with Crippen LogP contribution in [0.15, 0.2) is 0 Å². The second-order valence-corrected chi connectivity index (χ2v) is 2.69. The first-order valence-corrected chi connectivity index (χ1v) is 3.21. The van der Waals surface area contributed by atoms with E-state index in [4.69, 9.17) is 0 Å². The van der Waals surface area contributed by atoms with Gasteiger partial charge in [-0.1, -0.05) is 6.92 Å². The van der Waals surface area contributed by atoms with Crippen molar-refractivity contribution in [3.05, 3.63) is 0 Å². The van der Waals surface area contributed by atoms with E-state index in [0.29, 0.717) is 5.25 Å². The summed E-state index contributed by atoms with van der Waals surface area (Å²) < 4.78 is 0. The lowest BCUT2D eigenvalue weighted by atomic mass is 10.4. The van der Waals surface area contributed by atoms with Gasteiger partial charge in [0.25, 0.3) is 0 Å². The van der Waals surface area contributed by atoms with Crippen molar-refractivity contribution >= 4 is 25.3 Å². The van der Waals surface area contributed by atoms with E-state index in [9.17, 15) is 0 Å². The Kier molecular flexibility index (Phi) is 4.33. The Hall–Kier alpha value is 0.700. The molecule has 0 saturated carbocycles. The van der Waals surface area contributed by atoms with Crippen LogP contribution in [-0.4, -0.2) is 11.0 Å². The van der Waals surface area contributed by atoms with E-state index in [2.05, 4.69) is 32.2 Å². The van der Waals surface area contributed by atoms with Crippen LogP contribution < -0.4 is 0 Å². The van der Waals surface area contributed by atoms with Gasteiger partial charge in [-0.3, -0.25) is 0 Å². The van der Waals surface area contributed by atoms with E-state index in [-0.39, 0.29) is 0 Å². The highest BCUT2D eigenvalue weighted by molar-refractivity contribution is 7.81. The van der Waals surface area contributed by atoms with Gasteiger partial charge in [0.15, 0.2) is 0 Å². The van der Waals surface area contributed by atoms with Gasteiger partial charge < -0.3 is 0 Å². The van der Waals surface area contributed by atoms with Crippen molar-refractivity contribution in [3.63, 3.8) is 0 Å². The zero-order valence-corrected chi connectivity index (χ0v) is 5.67. The van der Waals surface area contributed by atoms with Gasteiger partial charge in [-0.15, -0.1) is 0 Å². The highest BCUT2D eigenvalue weighted by Crippen LogP contribution is 1.98. The van der Waals surface area contributed by atoms with Crippen molar-refractivity contribution in [1.29, 1.82) is 0 Å². The normalized spacial score (nSPS) is 14.5. The van der Waals surface area contributed by atoms with Crippen LogP contribution in [-0.2, 0) is 0 Å². The summed E-state index contributed by atoms with van der Waals surface area (Å²) in [6.45, 7) is 2.07. The fourth-order valence-corrected chi connectivity index (χ4v) is 0.907. The smallest absolute Gasteiger partial charge is 0.000383 e. The molecule has 0 spiro atoms. The molecule has 0 aromatic heterocycles. The molecule has 38 valence electrons. The van der Waals surface area contributed by atoms with Crippen LogP contribution in [0, 0.1) is 0 Å². The van der Waals surface area contributed by atoms with Crippen molar-refractivity contribution in [3.8, 4) is 0 Å². The molecule has 0 fully saturated rings. The first kappa shape index (κ1) is 6.70. The van der Waals surface area contributed by atoms with E-state index in [1.54, 1.807) is 0 Å². The minimum absolute atomic E-state index is 0.516. The van der Waals surface area contributed by atoms with Gasteiger partial charge in [-0.2, -0.15) is 25.3 Å². The Morgan fingerprint density at radius 2 is 2.17 bits per heavy atom. The summed E-state index contributed by atoms with van der Waals surface area (Å²) in [4.78, 5) is 0. The van der Waals surface area contributed by atoms with Crippen LogP contribution in [0.4, 0.5) is 0 Å². The molecule has 0 N–H and O–H groups in total. The summed E-state index contributed by atoms with van der Waals surface area (Å²) in [6.07, 6.45) is 1.10. The van der Waals surface area contributed by atoms with Crippen molar-refractivity contribution in [2.45, 2.75) is 18.6 Å². The van der Waals surface area contributed by atoms with Crippen molar-refractivity contribution < 1.29 is 0 Å². The molecule has 0 amide bonds. The third kappa shape index (κ3) is 4.70. The maximum Gasteiger partial charge on any atom is -0.000383 e. The molecule has 6 heavy (non-hydrogen) atoms. The molecule has 1 unspecified atom stereocenters. The molecule has 0 saturated heterocycles. The zero-order valence-electron chi connectivity index (χ0n) is 3.89. The fraction of sp³-hybridized carbons (Fsp3) is 1.00. The Morgan fingerprint density at radius 3 is 2.17 bits per heavy atom. The molecule has 0 aliphatic carbocycles. The van der Waals surface area contributed by atoms with E-state index in [1.807, 2.05) is 0 Å². The summed E-state index contributed by atoms with van der Waals surface area (Å²) in [5, 5.41) is 0.516. The standard InChI is InChI=1S/C4H10S2/c1-4(6)2-3-5/h4-6H,2-3H2,1H3. The Balaban J connectivity index is 2.63. The van der Waals surface area contributed by atoms with Crippen molar-refractivity contribution in [2.24, 2.45) is 0 Å². The molecule has 0 heterocycles. The van der Waals surface area contributed by atoms with Gasteiger partial charge >= 0.3 is 0 Å². The first-order chi connectivity index (χ1) is 2.77. The van der Waals surface area contributed by atoms with Crippen LogP contribution in [0.25, 0.3) is 0 Å². The highest BCUT2D eigenvalue weighted by Gasteiger charge is 1.87. The van der Waals surface area contributed by atoms with E-state index in [1.165, 1.54) is 0 Å². The van der Waals surface area contributed by atoms with Crippen LogP contribution in [0.2, 0.25) is 0 Å². The van der Waals surface area contributed by atoms with Crippen molar-refractivity contribution in [1.82, 2.24) is 0 Å². The lowest BCUT2D eigenvalue weighted by molar-refractivity contribution is 0.927. The summed E-state index contributed by atoms with van der Waals surface area (Å²) in [5.41, 5.74) is 0. The second-order valence-electron chi connectivity index (χ2n) is 1.36. The minimum Gasteiger partial charge on any atom is -0.179 e. The zero-order chi connectivity index (χ0) is 4.99. The van der Waals surface area contributed by atoms with Gasteiger partial charge in [0.05, 0.1) is 0 Å². The molecular formula is C4H10S2. The summed E-state index contributed by atoms with van der Waals surface area (Å²) in [6, 6.07) is 0. The van der Waals surface area contributed by atoms with Gasteiger partial charge in [0, 0.05) is 0 Å². The average molecular weight is 122 g/mol. The molecule has 0 aromatic carbocycles. The van der Waals surface area contributed by atoms with Crippen LogP contribution >= 0.6 is 25.3 Å². The fourth-order valence-electron chi connectivity index (χ4n) is 0.187. The summed E-state index contributed by atoms with van der Waals surface area (Å²) in [5.74, 6) is 0.949. The molecule has 0 rings (SSSR count). The van der Waals surface area contributed by atoms with Gasteiger partial charge in [-0.05, 0) is 17.4 Å². The third-order valence-corrected chi connectivity index (χ3v) is 1.06. The molecule has 0 aliphatic rings. The average Bonchev–Trinajstić information content (AvgIpc) is 1.35. The van der Waals surface area contributed by atoms with Crippen LogP contribution in [0.5, 0.6) is 0 Å². The SMILES string of the molecule is CC(S)CCS. The molecule has 2 heteroatoms. The maximum atomic E-state index is 4.13. The summed E-state index contributed by atoms with van der Waals surface area (Å²) >= 11 is 8.14. The number of hydrogen-bond acceptors (Lipinski definition) is 2. The highest BCUT2D eigenvalue weighted by atomic mass is 32.1. The Bertz CT molecular complexity index is 26.7. The van der Waals surface area contributed by atoms with Gasteiger partial charge in [-0.25, -0.2) is 0 Å². The first-order valence-electron chi connectivity index (χ1n) is 2.06. The maximum absolute atomic E-state index is 4.13. The lowest BCUT2D eigenvalue weighted by Crippen LogP contribution is -1.89. The topological polar surface area (TPSA) is 0 Å². The number of hydrogen-bond donors (Lipinski definition) is 2. The van der Waals surface area contributed by atoms with Crippen molar-refractivity contribution in [2.75, 3.05) is 5.75 Å². The van der Waals surface area contributed by atoms with E-state index in [0.717, 1.165) is 12.2 Å². The predicted molar refractivity (Wildman–Crippen MR) is 36.9 cm³/mol. The molecule has 1 atom stereocenters. The molecule has 0 aliphatic heterocycles. The van der Waals surface area contributed by atoms with Crippen LogP contribution in [0.3, 0.4) is 0 Å². The predicted octanol–water partition coefficient (Wildman–Crippen LogP) is 1.62. The monoisotopic (exact) mass is 122 g/mol. The van der Waals surface area contributed by atoms with Gasteiger partial charge in [0.1, 0.15) is 0 Å². The van der Waals surface area contributed by atoms with Gasteiger partial charge in [0.2, 0.25) is 0 Å². The molecular weight excluding hydrogens is 112 g/mol. The second kappa shape index (κ2) is 3.88. The number of rotatable bonds is 2. The minimum atomic E-state index is 0.516. The molecule has 0 aromatic rings. The molecule has 0 nitrogen and oxygen atoms in total. The van der Waals surface area contributed by atoms with Crippen LogP contribution in [0.1, 0.15) is 13.3 Å².